The van der Waals surface area contributed by atoms with Gasteiger partial charge in [0, 0.05) is 16.6 Å². The molecular weight excluding hydrogens is 452 g/mol. The zero-order valence-corrected chi connectivity index (χ0v) is 16.4. The second kappa shape index (κ2) is 8.02. The molecule has 2 aromatic carbocycles. The van der Waals surface area contributed by atoms with Crippen molar-refractivity contribution >= 4 is 54.9 Å². The molecule has 0 radical (unpaired) electrons. The van der Waals surface area contributed by atoms with Crippen molar-refractivity contribution in [2.75, 3.05) is 18.0 Å². The van der Waals surface area contributed by atoms with E-state index in [0.717, 1.165) is 23.5 Å². The quantitative estimate of drug-likeness (QED) is 0.369. The van der Waals surface area contributed by atoms with Crippen molar-refractivity contribution in [1.29, 1.82) is 0 Å². The third-order valence-electron chi connectivity index (χ3n) is 3.30. The predicted octanol–water partition coefficient (Wildman–Crippen LogP) is 3.38. The Labute approximate surface area is 162 Å². The van der Waals surface area contributed by atoms with E-state index in [-0.39, 0.29) is 15.6 Å². The number of methoxy groups -OCH3 is 1. The maximum absolute atomic E-state index is 13.0. The molecule has 0 amide bonds. The van der Waals surface area contributed by atoms with Crippen molar-refractivity contribution in [2.45, 2.75) is 4.90 Å². The van der Waals surface area contributed by atoms with Crippen LogP contribution in [0.15, 0.2) is 51.8 Å². The van der Waals surface area contributed by atoms with Crippen LogP contribution in [-0.4, -0.2) is 33.0 Å². The molecule has 0 aliphatic heterocycles. The summed E-state index contributed by atoms with van der Waals surface area (Å²) in [7, 11) is -3.21. The van der Waals surface area contributed by atoms with Crippen molar-refractivity contribution in [1.82, 2.24) is 0 Å². The van der Waals surface area contributed by atoms with Crippen molar-refractivity contribution in [3.05, 3.63) is 62.1 Å². The highest BCUT2D eigenvalue weighted by atomic mass is 79.9. The first-order chi connectivity index (χ1) is 12.2. The van der Waals surface area contributed by atoms with Gasteiger partial charge < -0.3 is 4.74 Å². The number of halogens is 2. The number of nitro groups is 1. The molecule has 26 heavy (non-hydrogen) atoms. The Bertz CT molecular complexity index is 966. The summed E-state index contributed by atoms with van der Waals surface area (Å²) in [5, 5.41) is 11.0. The van der Waals surface area contributed by atoms with Crippen LogP contribution in [0.3, 0.4) is 0 Å². The molecule has 138 valence electrons. The second-order valence-electron chi connectivity index (χ2n) is 4.94. The monoisotopic (exact) mass is 462 g/mol. The highest BCUT2D eigenvalue weighted by Crippen LogP contribution is 2.33. The number of nitrogens with zero attached hydrogens (tertiary/aromatic N) is 2. The smallest absolute Gasteiger partial charge is 0.326 e. The molecular formula is C15H12BrClN2O6S. The summed E-state index contributed by atoms with van der Waals surface area (Å²) in [5.74, 6) is -0.821. The predicted molar refractivity (Wildman–Crippen MR) is 98.8 cm³/mol. The van der Waals surface area contributed by atoms with E-state index in [1.807, 2.05) is 0 Å². The van der Waals surface area contributed by atoms with E-state index < -0.39 is 33.1 Å². The minimum atomic E-state index is -4.32. The molecule has 0 N–H and O–H groups in total. The average molecular weight is 464 g/mol. The number of benzene rings is 2. The number of sulfonamides is 1. The number of esters is 1. The molecule has 0 aromatic heterocycles. The average Bonchev–Trinajstić information content (AvgIpc) is 2.60. The highest BCUT2D eigenvalue weighted by molar-refractivity contribution is 9.10. The lowest BCUT2D eigenvalue weighted by Gasteiger charge is -2.24. The summed E-state index contributed by atoms with van der Waals surface area (Å²) >= 11 is 9.34. The van der Waals surface area contributed by atoms with E-state index in [0.29, 0.717) is 4.47 Å². The number of nitro benzene ring substituents is 1. The minimum Gasteiger partial charge on any atom is -0.468 e. The second-order valence-corrected chi connectivity index (χ2v) is 8.12. The van der Waals surface area contributed by atoms with Gasteiger partial charge in [-0.1, -0.05) is 33.6 Å². The minimum absolute atomic E-state index is 0.0340. The first kappa shape index (κ1) is 20.1. The van der Waals surface area contributed by atoms with Gasteiger partial charge in [0.1, 0.15) is 6.54 Å². The fraction of sp³-hybridized carbons (Fsp3) is 0.133. The number of ether oxygens (including phenoxy) is 1. The maximum Gasteiger partial charge on any atom is 0.326 e. The molecule has 8 nitrogen and oxygen atoms in total. The van der Waals surface area contributed by atoms with Gasteiger partial charge in [0.05, 0.1) is 27.6 Å². The van der Waals surface area contributed by atoms with Crippen LogP contribution in [0, 0.1) is 10.1 Å². The molecule has 0 aliphatic carbocycles. The zero-order valence-electron chi connectivity index (χ0n) is 13.3. The van der Waals surface area contributed by atoms with E-state index in [9.17, 15) is 23.3 Å². The van der Waals surface area contributed by atoms with Gasteiger partial charge in [-0.15, -0.1) is 0 Å². The van der Waals surface area contributed by atoms with Gasteiger partial charge in [-0.25, -0.2) is 8.42 Å². The molecule has 2 rings (SSSR count). The number of hydrogen-bond acceptors (Lipinski definition) is 6. The number of non-ortho nitro benzene ring substituents is 1. The Kier molecular flexibility index (Phi) is 6.21. The largest absolute Gasteiger partial charge is 0.468 e. The van der Waals surface area contributed by atoms with Crippen LogP contribution >= 0.6 is 27.5 Å². The summed E-state index contributed by atoms with van der Waals surface area (Å²) in [4.78, 5) is 21.6. The van der Waals surface area contributed by atoms with Crippen molar-refractivity contribution in [3.8, 4) is 0 Å². The third-order valence-corrected chi connectivity index (χ3v) is 5.85. The van der Waals surface area contributed by atoms with Gasteiger partial charge in [-0.05, 0) is 24.3 Å². The van der Waals surface area contributed by atoms with Gasteiger partial charge in [-0.3, -0.25) is 19.2 Å². The Morgan fingerprint density at radius 1 is 1.31 bits per heavy atom. The lowest BCUT2D eigenvalue weighted by Crippen LogP contribution is -2.36. The van der Waals surface area contributed by atoms with Crippen LogP contribution in [0.4, 0.5) is 11.4 Å². The first-order valence-corrected chi connectivity index (χ1v) is 9.57. The van der Waals surface area contributed by atoms with Crippen molar-refractivity contribution in [2.24, 2.45) is 0 Å². The molecule has 0 bridgehead atoms. The van der Waals surface area contributed by atoms with Gasteiger partial charge in [0.2, 0.25) is 0 Å². The molecule has 0 saturated heterocycles. The lowest BCUT2D eigenvalue weighted by molar-refractivity contribution is -0.385. The molecule has 0 heterocycles. The fourth-order valence-corrected chi connectivity index (χ4v) is 4.34. The van der Waals surface area contributed by atoms with E-state index in [1.165, 1.54) is 24.3 Å². The standard InChI is InChI=1S/C15H12BrClN2O6S/c1-25-15(20)9-18(14-6-5-10(16)7-13(14)17)26(23,24)12-4-2-3-11(8-12)19(21)22/h2-8H,9H2,1H3. The van der Waals surface area contributed by atoms with Crippen LogP contribution in [0.1, 0.15) is 0 Å². The molecule has 0 unspecified atom stereocenters. The normalized spacial score (nSPS) is 11.0. The summed E-state index contributed by atoms with van der Waals surface area (Å²) in [6, 6.07) is 8.93. The Morgan fingerprint density at radius 3 is 2.58 bits per heavy atom. The summed E-state index contributed by atoms with van der Waals surface area (Å²) in [6.07, 6.45) is 0. The number of anilines is 1. The molecule has 11 heteroatoms. The van der Waals surface area contributed by atoms with E-state index in [1.54, 1.807) is 6.07 Å². The molecule has 2 aromatic rings. The van der Waals surface area contributed by atoms with Crippen LogP contribution in [0.25, 0.3) is 0 Å². The number of hydrogen-bond donors (Lipinski definition) is 0. The van der Waals surface area contributed by atoms with Gasteiger partial charge in [-0.2, -0.15) is 0 Å². The number of carbonyl (C=O) groups is 1. The van der Waals surface area contributed by atoms with Gasteiger partial charge >= 0.3 is 5.97 Å². The van der Waals surface area contributed by atoms with E-state index in [4.69, 9.17) is 11.6 Å². The van der Waals surface area contributed by atoms with Crippen molar-refractivity contribution in [3.63, 3.8) is 0 Å². The molecule has 0 aliphatic rings. The Morgan fingerprint density at radius 2 is 2.00 bits per heavy atom. The third kappa shape index (κ3) is 4.32. The lowest BCUT2D eigenvalue weighted by atomic mass is 10.3. The first-order valence-electron chi connectivity index (χ1n) is 6.96. The van der Waals surface area contributed by atoms with Gasteiger partial charge in [0.25, 0.3) is 15.7 Å². The Balaban J connectivity index is 2.61. The fourth-order valence-electron chi connectivity index (χ4n) is 2.05. The number of carbonyl (C=O) groups excluding carboxylic acids is 1. The van der Waals surface area contributed by atoms with Crippen LogP contribution in [0.2, 0.25) is 5.02 Å². The van der Waals surface area contributed by atoms with Crippen LogP contribution in [0.5, 0.6) is 0 Å². The Hall–Kier alpha value is -2.17. The zero-order chi connectivity index (χ0) is 19.5. The summed E-state index contributed by atoms with van der Waals surface area (Å²) in [6.45, 7) is -0.650. The maximum atomic E-state index is 13.0. The number of rotatable bonds is 6. The summed E-state index contributed by atoms with van der Waals surface area (Å²) < 4.78 is 31.9. The van der Waals surface area contributed by atoms with Crippen molar-refractivity contribution < 1.29 is 22.9 Å². The molecule has 0 fully saturated rings. The topological polar surface area (TPSA) is 107 Å². The summed E-state index contributed by atoms with van der Waals surface area (Å²) in [5.41, 5.74) is -0.363. The van der Waals surface area contributed by atoms with E-state index in [2.05, 4.69) is 20.7 Å². The molecule has 0 spiro atoms. The van der Waals surface area contributed by atoms with Crippen LogP contribution < -0.4 is 4.31 Å². The highest BCUT2D eigenvalue weighted by Gasteiger charge is 2.30. The molecule has 0 saturated carbocycles. The van der Waals surface area contributed by atoms with E-state index >= 15 is 0 Å². The SMILES string of the molecule is COC(=O)CN(c1ccc(Br)cc1Cl)S(=O)(=O)c1cccc([N+](=O)[O-])c1. The van der Waals surface area contributed by atoms with Crippen LogP contribution in [-0.2, 0) is 19.6 Å². The molecule has 0 atom stereocenters. The van der Waals surface area contributed by atoms with Gasteiger partial charge in [0.15, 0.2) is 0 Å².